The lowest BCUT2D eigenvalue weighted by molar-refractivity contribution is -0.133. The fraction of sp³-hybridized carbons (Fsp3) is 0.417. The van der Waals surface area contributed by atoms with Crippen LogP contribution in [-0.4, -0.2) is 85.8 Å². The maximum absolute atomic E-state index is 11.6. The van der Waals surface area contributed by atoms with Crippen LogP contribution >= 0.6 is 11.6 Å². The number of urea groups is 1. The number of hydrogen-bond donors (Lipinski definition) is 2. The van der Waals surface area contributed by atoms with Gasteiger partial charge in [-0.1, -0.05) is 72.3 Å². The van der Waals surface area contributed by atoms with Gasteiger partial charge >= 0.3 is 6.03 Å². The van der Waals surface area contributed by atoms with E-state index >= 15 is 0 Å². The second-order valence-electron chi connectivity index (χ2n) is 8.28. The zero-order chi connectivity index (χ0) is 24.0. The van der Waals surface area contributed by atoms with Crippen molar-refractivity contribution in [1.29, 1.82) is 0 Å². The highest BCUT2D eigenvalue weighted by molar-refractivity contribution is 6.20. The number of amides is 3. The number of alkyl halides is 1. The van der Waals surface area contributed by atoms with Crippen LogP contribution in [0.25, 0.3) is 0 Å². The number of nitrogens with zero attached hydrogens (tertiary/aromatic N) is 3. The number of imide groups is 1. The van der Waals surface area contributed by atoms with Crippen molar-refractivity contribution in [2.75, 3.05) is 41.3 Å². The fourth-order valence-electron chi connectivity index (χ4n) is 3.74. The smallest absolute Gasteiger partial charge is 0.327 e. The highest BCUT2D eigenvalue weighted by Gasteiger charge is 2.48. The van der Waals surface area contributed by atoms with Gasteiger partial charge in [-0.05, 0) is 25.2 Å². The molecule has 3 amide bonds. The number of rotatable bonds is 6. The molecule has 3 unspecified atom stereocenters. The van der Waals surface area contributed by atoms with Crippen LogP contribution in [0.15, 0.2) is 60.7 Å². The Morgan fingerprint density at radius 3 is 2.03 bits per heavy atom. The largest absolute Gasteiger partial charge is 0.367 e. The van der Waals surface area contributed by atoms with Crippen LogP contribution in [0.3, 0.4) is 0 Å². The number of nitrogens with one attached hydrogen (secondary N) is 2. The summed E-state index contributed by atoms with van der Waals surface area (Å²) in [6.07, 6.45) is -0.337. The Kier molecular flexibility index (Phi) is 8.82. The molecule has 2 saturated heterocycles. The minimum absolute atomic E-state index is 0.0161. The Balaban J connectivity index is 0.000000194. The Bertz CT molecular complexity index is 875. The molecule has 2 aliphatic heterocycles. The molecule has 0 saturated carbocycles. The van der Waals surface area contributed by atoms with Gasteiger partial charge in [0.05, 0.1) is 6.61 Å². The summed E-state index contributed by atoms with van der Waals surface area (Å²) in [5.74, 6) is -0.256. The quantitative estimate of drug-likeness (QED) is 0.495. The number of halogens is 1. The third-order valence-corrected chi connectivity index (χ3v) is 5.84. The third kappa shape index (κ3) is 6.31. The maximum Gasteiger partial charge on any atom is 0.327 e. The normalized spacial score (nSPS) is 22.5. The van der Waals surface area contributed by atoms with Crippen molar-refractivity contribution in [2.24, 2.45) is 0 Å². The molecule has 2 aromatic rings. The molecule has 178 valence electrons. The molecule has 2 fully saturated rings. The van der Waals surface area contributed by atoms with E-state index in [2.05, 4.69) is 78.2 Å². The number of benzene rings is 2. The van der Waals surface area contributed by atoms with Crippen molar-refractivity contribution in [3.63, 3.8) is 0 Å². The molecule has 0 aliphatic carbocycles. The molecule has 2 heterocycles. The summed E-state index contributed by atoms with van der Waals surface area (Å²) in [4.78, 5) is 27.8. The highest BCUT2D eigenvalue weighted by Crippen LogP contribution is 2.25. The Morgan fingerprint density at radius 1 is 0.970 bits per heavy atom. The first-order valence-electron chi connectivity index (χ1n) is 10.9. The van der Waals surface area contributed by atoms with E-state index in [0.717, 1.165) is 18.1 Å². The van der Waals surface area contributed by atoms with Crippen molar-refractivity contribution >= 4 is 23.5 Å². The topological polar surface area (TPSA) is 77.2 Å². The van der Waals surface area contributed by atoms with Crippen molar-refractivity contribution < 1.29 is 14.3 Å². The first-order valence-corrected chi connectivity index (χ1v) is 11.3. The van der Waals surface area contributed by atoms with E-state index in [-0.39, 0.29) is 24.2 Å². The van der Waals surface area contributed by atoms with E-state index in [1.54, 1.807) is 7.05 Å². The molecule has 0 bridgehead atoms. The lowest BCUT2D eigenvalue weighted by atomic mass is 10.0. The van der Waals surface area contributed by atoms with Crippen LogP contribution in [0, 0.1) is 0 Å². The maximum atomic E-state index is 11.6. The summed E-state index contributed by atoms with van der Waals surface area (Å²) < 4.78 is 6.08. The average molecular weight is 474 g/mol. The molecule has 0 aromatic heterocycles. The molecule has 4 rings (SSSR count). The average Bonchev–Trinajstić information content (AvgIpc) is 3.22. The molecular formula is C24H32ClN5O3. The van der Waals surface area contributed by atoms with Crippen LogP contribution in [0.5, 0.6) is 0 Å². The summed E-state index contributed by atoms with van der Waals surface area (Å²) in [7, 11) is 7.21. The van der Waals surface area contributed by atoms with E-state index in [0.29, 0.717) is 0 Å². The lowest BCUT2D eigenvalue weighted by Crippen LogP contribution is -2.64. The second kappa shape index (κ2) is 11.6. The molecular weight excluding hydrogens is 442 g/mol. The zero-order valence-corrected chi connectivity index (χ0v) is 20.2. The van der Waals surface area contributed by atoms with Gasteiger partial charge in [0.15, 0.2) is 0 Å². The minimum Gasteiger partial charge on any atom is -0.367 e. The number of carbonyl (C=O) groups excluding carboxylic acids is 2. The zero-order valence-electron chi connectivity index (χ0n) is 19.4. The summed E-state index contributed by atoms with van der Waals surface area (Å²) in [5.41, 5.74) is 1.93. The number of fused-ring (bicyclic) bond motifs is 1. The molecule has 2 aliphatic rings. The van der Waals surface area contributed by atoms with Crippen molar-refractivity contribution in [3.8, 4) is 0 Å². The van der Waals surface area contributed by atoms with Gasteiger partial charge in [-0.2, -0.15) is 0 Å². The predicted molar refractivity (Wildman–Crippen MR) is 129 cm³/mol. The van der Waals surface area contributed by atoms with E-state index < -0.39 is 11.7 Å². The van der Waals surface area contributed by atoms with Gasteiger partial charge in [0, 0.05) is 20.6 Å². The van der Waals surface area contributed by atoms with Crippen LogP contribution in [0.1, 0.15) is 17.2 Å². The van der Waals surface area contributed by atoms with E-state index in [1.165, 1.54) is 23.1 Å². The van der Waals surface area contributed by atoms with Crippen LogP contribution < -0.4 is 10.6 Å². The Hall–Kier alpha value is -2.49. The molecule has 2 N–H and O–H groups in total. The monoisotopic (exact) mass is 473 g/mol. The standard InChI is InChI=1S/C17H21NO.C7H11ClN4O2/c1-18(2)13-14-19-17(15-9-5-3-6-10-15)16-11-7-4-8-12-16;1-11-4-3(9-6(8)10-4)5(13)12(2)7(11)14/h3-12,17H,13-14H2,1-2H3;3-4,6,9-10H,1-2H3. The first-order chi connectivity index (χ1) is 15.8. The number of ether oxygens (including phenoxy) is 1. The Morgan fingerprint density at radius 2 is 1.52 bits per heavy atom. The van der Waals surface area contributed by atoms with Gasteiger partial charge in [0.25, 0.3) is 5.91 Å². The number of carbonyl (C=O) groups is 2. The van der Waals surface area contributed by atoms with Gasteiger partial charge in [-0.25, -0.2) is 4.79 Å². The van der Waals surface area contributed by atoms with Crippen molar-refractivity contribution in [1.82, 2.24) is 25.3 Å². The molecule has 2 aromatic carbocycles. The molecule has 33 heavy (non-hydrogen) atoms. The first kappa shape index (κ1) is 25.1. The van der Waals surface area contributed by atoms with Crippen molar-refractivity contribution in [3.05, 3.63) is 71.8 Å². The molecule has 3 atom stereocenters. The van der Waals surface area contributed by atoms with E-state index in [1.807, 2.05) is 12.1 Å². The fourth-order valence-corrected chi connectivity index (χ4v) is 4.00. The summed E-state index contributed by atoms with van der Waals surface area (Å²) in [6, 6.07) is 20.0. The van der Waals surface area contributed by atoms with Gasteiger partial charge in [0.2, 0.25) is 0 Å². The van der Waals surface area contributed by atoms with Gasteiger partial charge in [-0.15, -0.1) is 0 Å². The van der Waals surface area contributed by atoms with Crippen LogP contribution in [-0.2, 0) is 9.53 Å². The van der Waals surface area contributed by atoms with Crippen LogP contribution in [0.2, 0.25) is 0 Å². The second-order valence-corrected chi connectivity index (χ2v) is 8.72. The summed E-state index contributed by atoms with van der Waals surface area (Å²) in [5, 5.41) is 5.75. The molecule has 0 radical (unpaired) electrons. The van der Waals surface area contributed by atoms with Crippen molar-refractivity contribution in [2.45, 2.75) is 23.9 Å². The van der Waals surface area contributed by atoms with Gasteiger partial charge in [-0.3, -0.25) is 20.3 Å². The molecule has 9 heteroatoms. The predicted octanol–water partition coefficient (Wildman–Crippen LogP) is 2.27. The van der Waals surface area contributed by atoms with E-state index in [9.17, 15) is 9.59 Å². The van der Waals surface area contributed by atoms with Gasteiger partial charge in [0.1, 0.15) is 23.9 Å². The molecule has 0 spiro atoms. The number of likely N-dealkylation sites (N-methyl/N-ethyl adjacent to an activating group) is 3. The summed E-state index contributed by atoms with van der Waals surface area (Å²) >= 11 is 5.78. The van der Waals surface area contributed by atoms with Crippen LogP contribution in [0.4, 0.5) is 4.79 Å². The Labute approximate surface area is 200 Å². The summed E-state index contributed by atoms with van der Waals surface area (Å²) in [6.45, 7) is 1.65. The van der Waals surface area contributed by atoms with E-state index in [4.69, 9.17) is 16.3 Å². The SMILES string of the molecule is CN(C)CCOC(c1ccccc1)c1ccccc1.CN1C(=O)C2NC(Cl)NC2N(C)C1=O. The number of hydrogen-bond acceptors (Lipinski definition) is 6. The minimum atomic E-state index is -0.476. The highest BCUT2D eigenvalue weighted by atomic mass is 35.5. The molecule has 8 nitrogen and oxygen atoms in total. The lowest BCUT2D eigenvalue weighted by Gasteiger charge is -2.37. The third-order valence-electron chi connectivity index (χ3n) is 5.59. The van der Waals surface area contributed by atoms with Gasteiger partial charge < -0.3 is 14.5 Å².